The molecule has 1 fully saturated rings. The van der Waals surface area contributed by atoms with Gasteiger partial charge in [0.05, 0.1) is 0 Å². The molecule has 0 saturated heterocycles. The predicted molar refractivity (Wildman–Crippen MR) is 101 cm³/mol. The normalized spacial score (nSPS) is 21.4. The van der Waals surface area contributed by atoms with Crippen LogP contribution < -0.4 is 0 Å². The Kier molecular flexibility index (Phi) is 6.79. The molecule has 6 heteroatoms. The highest BCUT2D eigenvalue weighted by Crippen LogP contribution is 2.27. The molecule has 0 aromatic heterocycles. The van der Waals surface area contributed by atoms with Gasteiger partial charge in [-0.2, -0.15) is 0 Å². The Bertz CT molecular complexity index is 709. The Morgan fingerprint density at radius 2 is 1.07 bits per heavy atom. The minimum absolute atomic E-state index is 0.441. The van der Waals surface area contributed by atoms with Crippen LogP contribution in [-0.2, 0) is 19.1 Å². The van der Waals surface area contributed by atoms with E-state index in [4.69, 9.17) is 9.47 Å². The molecule has 6 nitrogen and oxygen atoms in total. The van der Waals surface area contributed by atoms with E-state index in [0.717, 1.165) is 12.8 Å². The highest BCUT2D eigenvalue weighted by Gasteiger charge is 2.34. The van der Waals surface area contributed by atoms with Crippen molar-refractivity contribution >= 4 is 11.9 Å². The quantitative estimate of drug-likeness (QED) is 0.744. The van der Waals surface area contributed by atoms with E-state index < -0.39 is 36.4 Å². The zero-order chi connectivity index (χ0) is 19.9. The van der Waals surface area contributed by atoms with Gasteiger partial charge >= 0.3 is 11.9 Å². The van der Waals surface area contributed by atoms with Gasteiger partial charge in [0.2, 0.25) is 0 Å². The molecule has 1 aliphatic rings. The molecule has 0 bridgehead atoms. The van der Waals surface area contributed by atoms with Crippen LogP contribution in [0.3, 0.4) is 0 Å². The lowest BCUT2D eigenvalue weighted by Crippen LogP contribution is -2.39. The number of carbonyl (C=O) groups is 2. The molecule has 2 N–H and O–H groups in total. The molecule has 3 rings (SSSR count). The summed E-state index contributed by atoms with van der Waals surface area (Å²) < 4.78 is 10.9. The minimum Gasteiger partial charge on any atom is -0.456 e. The molecule has 2 unspecified atom stereocenters. The van der Waals surface area contributed by atoms with Crippen LogP contribution in [0.4, 0.5) is 0 Å². The molecule has 0 heterocycles. The summed E-state index contributed by atoms with van der Waals surface area (Å²) in [4.78, 5) is 24.7. The van der Waals surface area contributed by atoms with Crippen molar-refractivity contribution in [2.24, 2.45) is 0 Å². The van der Waals surface area contributed by atoms with Crippen LogP contribution in [0, 0.1) is 0 Å². The summed E-state index contributed by atoms with van der Waals surface area (Å²) in [6.07, 6.45) is -1.36. The van der Waals surface area contributed by atoms with Crippen LogP contribution in [0.25, 0.3) is 0 Å². The molecule has 0 spiro atoms. The summed E-state index contributed by atoms with van der Waals surface area (Å²) >= 11 is 0. The Balaban J connectivity index is 1.62. The third-order valence-electron chi connectivity index (χ3n) is 4.85. The lowest BCUT2D eigenvalue weighted by atomic mass is 9.94. The number of esters is 2. The summed E-state index contributed by atoms with van der Waals surface area (Å²) in [6, 6.07) is 17.0. The van der Waals surface area contributed by atoms with Gasteiger partial charge in [-0.3, -0.25) is 0 Å². The number of hydrogen-bond acceptors (Lipinski definition) is 6. The second-order valence-electron chi connectivity index (χ2n) is 6.86. The Morgan fingerprint density at radius 3 is 1.43 bits per heavy atom. The topological polar surface area (TPSA) is 93.1 Å². The van der Waals surface area contributed by atoms with Crippen molar-refractivity contribution < 1.29 is 29.3 Å². The lowest BCUT2D eigenvalue weighted by Gasteiger charge is -2.31. The van der Waals surface area contributed by atoms with Crippen molar-refractivity contribution in [1.82, 2.24) is 0 Å². The molecular weight excluding hydrogens is 360 g/mol. The fourth-order valence-corrected chi connectivity index (χ4v) is 3.30. The van der Waals surface area contributed by atoms with Gasteiger partial charge in [-0.15, -0.1) is 0 Å². The van der Waals surface area contributed by atoms with Crippen molar-refractivity contribution in [2.45, 2.75) is 50.1 Å². The zero-order valence-corrected chi connectivity index (χ0v) is 15.4. The second-order valence-corrected chi connectivity index (χ2v) is 6.86. The highest BCUT2D eigenvalue weighted by atomic mass is 16.6. The van der Waals surface area contributed by atoms with Crippen LogP contribution in [-0.4, -0.2) is 34.4 Å². The van der Waals surface area contributed by atoms with Gasteiger partial charge in [0, 0.05) is 0 Å². The molecule has 0 aliphatic heterocycles. The number of rotatable bonds is 6. The van der Waals surface area contributed by atoms with Crippen LogP contribution in [0.15, 0.2) is 60.7 Å². The van der Waals surface area contributed by atoms with Gasteiger partial charge in [0.25, 0.3) is 0 Å². The molecule has 2 aromatic carbocycles. The van der Waals surface area contributed by atoms with Crippen LogP contribution in [0.2, 0.25) is 0 Å². The second kappa shape index (κ2) is 9.48. The number of carbonyl (C=O) groups excluding carboxylic acids is 2. The molecule has 4 atom stereocenters. The number of aliphatic hydroxyl groups excluding tert-OH is 2. The lowest BCUT2D eigenvalue weighted by molar-refractivity contribution is -0.182. The summed E-state index contributed by atoms with van der Waals surface area (Å²) in [5.41, 5.74) is 0.882. The van der Waals surface area contributed by atoms with Crippen LogP contribution in [0.1, 0.15) is 49.0 Å². The van der Waals surface area contributed by atoms with Crippen molar-refractivity contribution in [1.29, 1.82) is 0 Å². The smallest absolute Gasteiger partial charge is 0.340 e. The van der Waals surface area contributed by atoms with E-state index >= 15 is 0 Å². The molecule has 2 aromatic rings. The van der Waals surface area contributed by atoms with E-state index in [1.54, 1.807) is 60.7 Å². The van der Waals surface area contributed by atoms with Gasteiger partial charge < -0.3 is 19.7 Å². The van der Waals surface area contributed by atoms with E-state index in [-0.39, 0.29) is 0 Å². The van der Waals surface area contributed by atoms with Gasteiger partial charge in [-0.1, -0.05) is 60.7 Å². The zero-order valence-electron chi connectivity index (χ0n) is 15.4. The van der Waals surface area contributed by atoms with Crippen LogP contribution >= 0.6 is 0 Å². The molecular formula is C22H24O6. The third kappa shape index (κ3) is 4.97. The van der Waals surface area contributed by atoms with E-state index in [1.165, 1.54) is 0 Å². The van der Waals surface area contributed by atoms with Crippen molar-refractivity contribution in [2.75, 3.05) is 0 Å². The monoisotopic (exact) mass is 384 g/mol. The average Bonchev–Trinajstić information content (AvgIpc) is 2.75. The minimum atomic E-state index is -1.39. The van der Waals surface area contributed by atoms with Crippen molar-refractivity contribution in [3.8, 4) is 0 Å². The van der Waals surface area contributed by atoms with Gasteiger partial charge in [0.15, 0.2) is 12.2 Å². The van der Waals surface area contributed by atoms with E-state index in [1.807, 2.05) is 0 Å². The van der Waals surface area contributed by atoms with E-state index in [9.17, 15) is 19.8 Å². The number of benzene rings is 2. The Hall–Kier alpha value is -2.70. The number of aliphatic hydroxyl groups is 2. The number of hydrogen-bond donors (Lipinski definition) is 2. The maximum atomic E-state index is 12.3. The fraction of sp³-hybridized carbons (Fsp3) is 0.364. The summed E-state index contributed by atoms with van der Waals surface area (Å²) in [5, 5.41) is 20.4. The third-order valence-corrected chi connectivity index (χ3v) is 4.85. The molecule has 148 valence electrons. The molecule has 0 amide bonds. The largest absolute Gasteiger partial charge is 0.456 e. The number of ether oxygens (including phenoxy) is 2. The first-order chi connectivity index (χ1) is 13.6. The first-order valence-electron chi connectivity index (χ1n) is 9.43. The summed E-state index contributed by atoms with van der Waals surface area (Å²) in [5.74, 6) is -1.55. The van der Waals surface area contributed by atoms with Gasteiger partial charge in [-0.25, -0.2) is 9.59 Å². The molecule has 0 radical (unpaired) electrons. The molecule has 1 saturated carbocycles. The molecule has 1 aliphatic carbocycles. The molecule has 28 heavy (non-hydrogen) atoms. The first kappa shape index (κ1) is 20.0. The first-order valence-corrected chi connectivity index (χ1v) is 9.43. The maximum absolute atomic E-state index is 12.3. The summed E-state index contributed by atoms with van der Waals surface area (Å²) in [7, 11) is 0. The fourth-order valence-electron chi connectivity index (χ4n) is 3.30. The SMILES string of the molecule is O=C(OC1CCCCC1OC(=O)[C@H](O)c1ccccc1)[C@@H](O)c1ccccc1. The van der Waals surface area contributed by atoms with Gasteiger partial charge in [0.1, 0.15) is 12.2 Å². The Labute approximate surface area is 163 Å². The average molecular weight is 384 g/mol. The van der Waals surface area contributed by atoms with Crippen molar-refractivity contribution in [3.05, 3.63) is 71.8 Å². The van der Waals surface area contributed by atoms with E-state index in [2.05, 4.69) is 0 Å². The Morgan fingerprint density at radius 1 is 0.714 bits per heavy atom. The maximum Gasteiger partial charge on any atom is 0.340 e. The highest BCUT2D eigenvalue weighted by molar-refractivity contribution is 5.77. The van der Waals surface area contributed by atoms with Gasteiger partial charge in [-0.05, 0) is 36.8 Å². The van der Waals surface area contributed by atoms with Crippen molar-refractivity contribution in [3.63, 3.8) is 0 Å². The standard InChI is InChI=1S/C22H24O6/c23-19(15-9-3-1-4-10-15)21(25)27-17-13-7-8-14-18(17)28-22(26)20(24)16-11-5-2-6-12-16/h1-6,9-12,17-20,23-24H,7-8,13-14H2/t17?,18?,19-,20+. The van der Waals surface area contributed by atoms with E-state index in [0.29, 0.717) is 24.0 Å². The predicted octanol–water partition coefficient (Wildman–Crippen LogP) is 2.85. The van der Waals surface area contributed by atoms with Crippen LogP contribution in [0.5, 0.6) is 0 Å². The summed E-state index contributed by atoms with van der Waals surface area (Å²) in [6.45, 7) is 0.